The number of amides is 1. The molecule has 0 unspecified atom stereocenters. The van der Waals surface area contributed by atoms with Gasteiger partial charge < -0.3 is 10.1 Å². The first-order valence-electron chi connectivity index (χ1n) is 9.16. The van der Waals surface area contributed by atoms with Crippen molar-refractivity contribution in [3.63, 3.8) is 0 Å². The maximum absolute atomic E-state index is 13.1. The van der Waals surface area contributed by atoms with Gasteiger partial charge in [0.1, 0.15) is 0 Å². The molecule has 1 aliphatic rings. The smallest absolute Gasteiger partial charge is 0.309 e. The van der Waals surface area contributed by atoms with Crippen molar-refractivity contribution in [1.29, 1.82) is 0 Å². The zero-order valence-corrected chi connectivity index (χ0v) is 17.4. The number of benzene rings is 2. The largest absolute Gasteiger partial charge is 0.455 e. The van der Waals surface area contributed by atoms with Crippen molar-refractivity contribution < 1.29 is 22.7 Å². The van der Waals surface area contributed by atoms with E-state index in [-0.39, 0.29) is 28.1 Å². The Hall–Kier alpha value is -2.58. The fraction of sp³-hybridized carbons (Fsp3) is 0.300. The number of rotatable bonds is 8. The van der Waals surface area contributed by atoms with Crippen molar-refractivity contribution >= 4 is 44.9 Å². The number of carbonyl (C=O) groups is 2. The van der Waals surface area contributed by atoms with E-state index in [1.807, 2.05) is 0 Å². The van der Waals surface area contributed by atoms with E-state index in [0.29, 0.717) is 5.69 Å². The topological polar surface area (TPSA) is 92.8 Å². The van der Waals surface area contributed by atoms with Crippen molar-refractivity contribution in [1.82, 2.24) is 0 Å². The fourth-order valence-electron chi connectivity index (χ4n) is 2.73. The minimum absolute atomic E-state index is 0.0159. The van der Waals surface area contributed by atoms with Crippen molar-refractivity contribution in [3.8, 4) is 0 Å². The van der Waals surface area contributed by atoms with Crippen molar-refractivity contribution in [3.05, 3.63) is 53.6 Å². The summed E-state index contributed by atoms with van der Waals surface area (Å²) in [5.74, 6) is -1.10. The molecule has 1 amide bonds. The first-order chi connectivity index (χ1) is 13.8. The summed E-state index contributed by atoms with van der Waals surface area (Å²) >= 11 is 6.11. The van der Waals surface area contributed by atoms with Gasteiger partial charge in [-0.15, -0.1) is 0 Å². The van der Waals surface area contributed by atoms with Gasteiger partial charge in [-0.05, 0) is 50.1 Å². The Morgan fingerprint density at radius 1 is 1.17 bits per heavy atom. The summed E-state index contributed by atoms with van der Waals surface area (Å²) in [5.41, 5.74) is 0.659. The van der Waals surface area contributed by atoms with Gasteiger partial charge in [-0.3, -0.25) is 13.9 Å². The summed E-state index contributed by atoms with van der Waals surface area (Å²) < 4.78 is 32.4. The molecule has 0 bridgehead atoms. The Kier molecular flexibility index (Phi) is 6.44. The lowest BCUT2D eigenvalue weighted by Crippen LogP contribution is -2.30. The third-order valence-corrected chi connectivity index (χ3v) is 6.62. The Bertz CT molecular complexity index is 1010. The number of carbonyl (C=O) groups excluding carboxylic acids is 2. The van der Waals surface area contributed by atoms with Gasteiger partial charge in [0.2, 0.25) is 0 Å². The number of nitrogens with zero attached hydrogens (tertiary/aromatic N) is 1. The molecule has 2 aromatic carbocycles. The second-order valence-electron chi connectivity index (χ2n) is 6.58. The second kappa shape index (κ2) is 8.84. The highest BCUT2D eigenvalue weighted by atomic mass is 35.5. The maximum Gasteiger partial charge on any atom is 0.309 e. The standard InChI is InChI=1S/C20H21ClN2O5S/c1-2-23(15-6-4-3-5-7-15)29(26,27)16-10-11-17(21)18(12-16)22-19(24)13-28-20(25)14-8-9-14/h3-7,10-12,14H,2,8-9,13H2,1H3,(H,22,24). The van der Waals surface area contributed by atoms with Crippen LogP contribution in [0.1, 0.15) is 19.8 Å². The summed E-state index contributed by atoms with van der Waals surface area (Å²) in [6.45, 7) is 1.51. The van der Waals surface area contributed by atoms with Crippen LogP contribution in [0.2, 0.25) is 5.02 Å². The Morgan fingerprint density at radius 2 is 1.86 bits per heavy atom. The number of para-hydroxylation sites is 1. The molecule has 1 saturated carbocycles. The monoisotopic (exact) mass is 436 g/mol. The highest BCUT2D eigenvalue weighted by molar-refractivity contribution is 7.92. The second-order valence-corrected chi connectivity index (χ2v) is 8.85. The highest BCUT2D eigenvalue weighted by Gasteiger charge is 2.31. The van der Waals surface area contributed by atoms with Gasteiger partial charge in [0.15, 0.2) is 6.61 Å². The number of hydrogen-bond acceptors (Lipinski definition) is 5. The van der Waals surface area contributed by atoms with Crippen LogP contribution in [0.5, 0.6) is 0 Å². The number of hydrogen-bond donors (Lipinski definition) is 1. The summed E-state index contributed by atoms with van der Waals surface area (Å²) in [6.07, 6.45) is 1.56. The van der Waals surface area contributed by atoms with Crippen LogP contribution in [0, 0.1) is 5.92 Å². The number of anilines is 2. The molecule has 0 radical (unpaired) electrons. The van der Waals surface area contributed by atoms with Crippen LogP contribution in [0.3, 0.4) is 0 Å². The predicted octanol–water partition coefficient (Wildman–Crippen LogP) is 3.45. The van der Waals surface area contributed by atoms with E-state index >= 15 is 0 Å². The average Bonchev–Trinajstić information content (AvgIpc) is 3.54. The van der Waals surface area contributed by atoms with Crippen LogP contribution in [0.4, 0.5) is 11.4 Å². The van der Waals surface area contributed by atoms with Crippen molar-refractivity contribution in [2.45, 2.75) is 24.7 Å². The van der Waals surface area contributed by atoms with Crippen molar-refractivity contribution in [2.24, 2.45) is 5.92 Å². The van der Waals surface area contributed by atoms with E-state index < -0.39 is 28.5 Å². The van der Waals surface area contributed by atoms with Crippen LogP contribution in [0.15, 0.2) is 53.4 Å². The SMILES string of the molecule is CCN(c1ccccc1)S(=O)(=O)c1ccc(Cl)c(NC(=O)COC(=O)C2CC2)c1. The van der Waals surface area contributed by atoms with Crippen LogP contribution in [-0.4, -0.2) is 33.4 Å². The first kappa shape index (κ1) is 21.1. The molecule has 2 aromatic rings. The molecule has 3 rings (SSSR count). The minimum Gasteiger partial charge on any atom is -0.455 e. The number of sulfonamides is 1. The molecule has 9 heteroatoms. The lowest BCUT2D eigenvalue weighted by molar-refractivity contribution is -0.148. The molecule has 0 heterocycles. The van der Waals surface area contributed by atoms with E-state index in [9.17, 15) is 18.0 Å². The van der Waals surface area contributed by atoms with Crippen LogP contribution < -0.4 is 9.62 Å². The molecule has 1 fully saturated rings. The summed E-state index contributed by atoms with van der Waals surface area (Å²) in [6, 6.07) is 12.8. The van der Waals surface area contributed by atoms with Gasteiger partial charge in [0.25, 0.3) is 15.9 Å². The van der Waals surface area contributed by atoms with E-state index in [2.05, 4.69) is 5.32 Å². The summed E-state index contributed by atoms with van der Waals surface area (Å²) in [7, 11) is -3.87. The highest BCUT2D eigenvalue weighted by Crippen LogP contribution is 2.31. The van der Waals surface area contributed by atoms with Crippen LogP contribution in [-0.2, 0) is 24.3 Å². The lowest BCUT2D eigenvalue weighted by atomic mass is 10.3. The summed E-state index contributed by atoms with van der Waals surface area (Å²) in [5, 5.41) is 2.68. The number of esters is 1. The molecule has 29 heavy (non-hydrogen) atoms. The van der Waals surface area contributed by atoms with Gasteiger partial charge in [-0.25, -0.2) is 8.42 Å². The molecule has 1 aliphatic carbocycles. The van der Waals surface area contributed by atoms with Crippen molar-refractivity contribution in [2.75, 3.05) is 22.8 Å². The number of ether oxygens (including phenoxy) is 1. The molecule has 0 aromatic heterocycles. The fourth-order valence-corrected chi connectivity index (χ4v) is 4.40. The van der Waals surface area contributed by atoms with Gasteiger partial charge in [-0.1, -0.05) is 29.8 Å². The molecule has 0 saturated heterocycles. The normalized spacial score (nSPS) is 13.6. The molecule has 0 aliphatic heterocycles. The third kappa shape index (κ3) is 5.07. The zero-order chi connectivity index (χ0) is 21.0. The van der Waals surface area contributed by atoms with E-state index in [1.165, 1.54) is 22.5 Å². The molecule has 154 valence electrons. The molecule has 0 spiro atoms. The van der Waals surface area contributed by atoms with Gasteiger partial charge >= 0.3 is 5.97 Å². The molecule has 7 nitrogen and oxygen atoms in total. The Morgan fingerprint density at radius 3 is 2.48 bits per heavy atom. The van der Waals surface area contributed by atoms with Gasteiger partial charge in [0.05, 0.1) is 27.2 Å². The maximum atomic E-state index is 13.1. The first-order valence-corrected chi connectivity index (χ1v) is 11.0. The Labute approximate surface area is 174 Å². The molecular weight excluding hydrogens is 416 g/mol. The van der Waals surface area contributed by atoms with Gasteiger partial charge in [-0.2, -0.15) is 0 Å². The van der Waals surface area contributed by atoms with E-state index in [4.69, 9.17) is 16.3 Å². The molecule has 1 N–H and O–H groups in total. The van der Waals surface area contributed by atoms with Crippen LogP contribution in [0.25, 0.3) is 0 Å². The lowest BCUT2D eigenvalue weighted by Gasteiger charge is -2.23. The quantitative estimate of drug-likeness (QED) is 0.640. The number of nitrogens with one attached hydrogen (secondary N) is 1. The predicted molar refractivity (Wildman–Crippen MR) is 110 cm³/mol. The third-order valence-electron chi connectivity index (χ3n) is 4.39. The zero-order valence-electron chi connectivity index (χ0n) is 15.8. The van der Waals surface area contributed by atoms with Gasteiger partial charge in [0, 0.05) is 6.54 Å². The van der Waals surface area contributed by atoms with Crippen LogP contribution >= 0.6 is 11.6 Å². The van der Waals surface area contributed by atoms with E-state index in [1.54, 1.807) is 37.3 Å². The van der Waals surface area contributed by atoms with E-state index in [0.717, 1.165) is 12.8 Å². The molecular formula is C20H21ClN2O5S. The molecule has 0 atom stereocenters. The number of halogens is 1. The average molecular weight is 437 g/mol. The summed E-state index contributed by atoms with van der Waals surface area (Å²) in [4.78, 5) is 23.6. The minimum atomic E-state index is -3.87. The Balaban J connectivity index is 1.78.